The molecule has 1 aliphatic rings. The number of halogens is 1. The van der Waals surface area contributed by atoms with Gasteiger partial charge in [0.1, 0.15) is 17.3 Å². The molecule has 1 fully saturated rings. The third-order valence-corrected chi connectivity index (χ3v) is 6.58. The SMILES string of the molecule is Cc1cc(O)c([C@H](c2ccncc2)N2CCN(c3ccccc3F)CC2)c(=O)n1Cc1ccco1. The quantitative estimate of drug-likeness (QED) is 0.456. The van der Waals surface area contributed by atoms with Crippen LogP contribution in [-0.4, -0.2) is 45.7 Å². The number of furan rings is 1. The molecule has 1 aromatic carbocycles. The largest absolute Gasteiger partial charge is 0.507 e. The van der Waals surface area contributed by atoms with Gasteiger partial charge in [-0.25, -0.2) is 4.39 Å². The molecule has 0 aliphatic carbocycles. The lowest BCUT2D eigenvalue weighted by atomic mass is 9.96. The van der Waals surface area contributed by atoms with Crippen molar-refractivity contribution in [2.75, 3.05) is 31.1 Å². The Morgan fingerprint density at radius 1 is 1.06 bits per heavy atom. The molecular weight excluding hydrogens is 447 g/mol. The van der Waals surface area contributed by atoms with Gasteiger partial charge in [0.05, 0.1) is 30.1 Å². The lowest BCUT2D eigenvalue weighted by molar-refractivity contribution is 0.207. The van der Waals surface area contributed by atoms with E-state index in [0.717, 1.165) is 5.56 Å². The Morgan fingerprint density at radius 2 is 1.80 bits per heavy atom. The summed E-state index contributed by atoms with van der Waals surface area (Å²) in [6, 6.07) is 15.2. The smallest absolute Gasteiger partial charge is 0.260 e. The second-order valence-electron chi connectivity index (χ2n) is 8.71. The number of nitrogens with zero attached hydrogens (tertiary/aromatic N) is 4. The lowest BCUT2D eigenvalue weighted by Crippen LogP contribution is -2.49. The van der Waals surface area contributed by atoms with Gasteiger partial charge in [0.2, 0.25) is 0 Å². The molecule has 180 valence electrons. The molecule has 0 bridgehead atoms. The number of aromatic hydroxyl groups is 1. The highest BCUT2D eigenvalue weighted by atomic mass is 19.1. The van der Waals surface area contributed by atoms with E-state index in [0.29, 0.717) is 48.9 Å². The van der Waals surface area contributed by atoms with Gasteiger partial charge in [-0.3, -0.25) is 14.7 Å². The molecule has 0 amide bonds. The van der Waals surface area contributed by atoms with Crippen LogP contribution in [0.1, 0.15) is 28.6 Å². The molecule has 1 saturated heterocycles. The summed E-state index contributed by atoms with van der Waals surface area (Å²) < 4.78 is 21.4. The first-order valence-corrected chi connectivity index (χ1v) is 11.6. The number of aromatic nitrogens is 2. The first-order valence-electron chi connectivity index (χ1n) is 11.6. The summed E-state index contributed by atoms with van der Waals surface area (Å²) in [5, 5.41) is 11.0. The number of anilines is 1. The summed E-state index contributed by atoms with van der Waals surface area (Å²) in [6.07, 6.45) is 4.95. The fraction of sp³-hybridized carbons (Fsp3) is 0.259. The molecule has 1 aliphatic heterocycles. The number of para-hydroxylation sites is 1. The molecule has 1 N–H and O–H groups in total. The Balaban J connectivity index is 1.52. The van der Waals surface area contributed by atoms with Gasteiger partial charge in [0.15, 0.2) is 0 Å². The van der Waals surface area contributed by atoms with Crippen LogP contribution in [-0.2, 0) is 6.54 Å². The molecule has 1 atom stereocenters. The van der Waals surface area contributed by atoms with Gasteiger partial charge in [0, 0.05) is 44.3 Å². The van der Waals surface area contributed by atoms with Crippen molar-refractivity contribution >= 4 is 5.69 Å². The predicted molar refractivity (Wildman–Crippen MR) is 131 cm³/mol. The van der Waals surface area contributed by atoms with E-state index in [1.54, 1.807) is 54.4 Å². The monoisotopic (exact) mass is 474 g/mol. The maximum atomic E-state index is 14.4. The first-order chi connectivity index (χ1) is 17.0. The van der Waals surface area contributed by atoms with E-state index in [1.165, 1.54) is 6.07 Å². The standard InChI is InChI=1S/C27H27FN4O3/c1-19-17-24(33)25(27(34)32(19)18-21-5-4-16-35-21)26(20-8-10-29-11-9-20)31-14-12-30(13-15-31)23-7-3-2-6-22(23)28/h2-11,16-17,26,33H,12-15,18H2,1H3/t26-/m0/s1. The summed E-state index contributed by atoms with van der Waals surface area (Å²) in [5.74, 6) is 0.371. The van der Waals surface area contributed by atoms with Crippen molar-refractivity contribution in [3.63, 3.8) is 0 Å². The van der Waals surface area contributed by atoms with E-state index < -0.39 is 6.04 Å². The molecule has 4 aromatic rings. The maximum Gasteiger partial charge on any atom is 0.260 e. The molecule has 5 rings (SSSR count). The highest BCUT2D eigenvalue weighted by Gasteiger charge is 2.32. The van der Waals surface area contributed by atoms with Crippen LogP contribution in [0.25, 0.3) is 0 Å². The molecule has 0 saturated carbocycles. The summed E-state index contributed by atoms with van der Waals surface area (Å²) in [4.78, 5) is 22.1. The number of rotatable bonds is 6. The predicted octanol–water partition coefficient (Wildman–Crippen LogP) is 3.95. The van der Waals surface area contributed by atoms with Gasteiger partial charge < -0.3 is 19.0 Å². The topological polar surface area (TPSA) is 74.7 Å². The number of benzene rings is 1. The Labute approximate surface area is 202 Å². The van der Waals surface area contributed by atoms with Crippen molar-refractivity contribution in [2.24, 2.45) is 0 Å². The van der Waals surface area contributed by atoms with Crippen LogP contribution in [0, 0.1) is 12.7 Å². The average Bonchev–Trinajstić information content (AvgIpc) is 3.39. The summed E-state index contributed by atoms with van der Waals surface area (Å²) in [5.41, 5.74) is 2.13. The van der Waals surface area contributed by atoms with Crippen molar-refractivity contribution in [1.29, 1.82) is 0 Å². The van der Waals surface area contributed by atoms with Gasteiger partial charge in [-0.1, -0.05) is 12.1 Å². The molecule has 35 heavy (non-hydrogen) atoms. The van der Waals surface area contributed by atoms with Crippen molar-refractivity contribution in [3.05, 3.63) is 112 Å². The van der Waals surface area contributed by atoms with Crippen LogP contribution >= 0.6 is 0 Å². The summed E-state index contributed by atoms with van der Waals surface area (Å²) in [7, 11) is 0. The maximum absolute atomic E-state index is 14.4. The highest BCUT2D eigenvalue weighted by molar-refractivity contribution is 5.48. The molecule has 0 unspecified atom stereocenters. The zero-order valence-electron chi connectivity index (χ0n) is 19.5. The summed E-state index contributed by atoms with van der Waals surface area (Å²) >= 11 is 0. The molecule has 0 spiro atoms. The van der Waals surface area contributed by atoms with Crippen LogP contribution in [0.2, 0.25) is 0 Å². The number of pyridine rings is 2. The van der Waals surface area contributed by atoms with Crippen molar-refractivity contribution in [1.82, 2.24) is 14.5 Å². The third-order valence-electron chi connectivity index (χ3n) is 6.58. The number of piperazine rings is 1. The normalized spacial score (nSPS) is 15.3. The molecule has 8 heteroatoms. The fourth-order valence-corrected chi connectivity index (χ4v) is 4.82. The van der Waals surface area contributed by atoms with E-state index in [-0.39, 0.29) is 23.7 Å². The van der Waals surface area contributed by atoms with Gasteiger partial charge in [0.25, 0.3) is 5.56 Å². The molecular formula is C27H27FN4O3. The van der Waals surface area contributed by atoms with Crippen LogP contribution in [0.15, 0.2) is 82.5 Å². The average molecular weight is 475 g/mol. The molecule has 7 nitrogen and oxygen atoms in total. The van der Waals surface area contributed by atoms with Crippen LogP contribution in [0.5, 0.6) is 5.75 Å². The molecule has 3 aromatic heterocycles. The second kappa shape index (κ2) is 9.76. The lowest BCUT2D eigenvalue weighted by Gasteiger charge is -2.40. The van der Waals surface area contributed by atoms with E-state index in [1.807, 2.05) is 29.2 Å². The van der Waals surface area contributed by atoms with Crippen LogP contribution in [0.3, 0.4) is 0 Å². The van der Waals surface area contributed by atoms with E-state index in [9.17, 15) is 14.3 Å². The number of hydrogen-bond acceptors (Lipinski definition) is 6. The van der Waals surface area contributed by atoms with E-state index in [2.05, 4.69) is 9.88 Å². The summed E-state index contributed by atoms with van der Waals surface area (Å²) in [6.45, 7) is 4.43. The zero-order valence-corrected chi connectivity index (χ0v) is 19.5. The Kier molecular flexibility index (Phi) is 6.37. The highest BCUT2D eigenvalue weighted by Crippen LogP contribution is 2.34. The van der Waals surface area contributed by atoms with Crippen LogP contribution in [0.4, 0.5) is 10.1 Å². The van der Waals surface area contributed by atoms with Gasteiger partial charge in [-0.05, 0) is 55.0 Å². The zero-order chi connectivity index (χ0) is 24.4. The minimum absolute atomic E-state index is 0.0402. The number of hydrogen-bond donors (Lipinski definition) is 1. The Bertz CT molecular complexity index is 1350. The molecule has 4 heterocycles. The van der Waals surface area contributed by atoms with E-state index in [4.69, 9.17) is 4.42 Å². The Hall–Kier alpha value is -3.91. The molecule has 0 radical (unpaired) electrons. The Morgan fingerprint density at radius 3 is 2.49 bits per heavy atom. The first kappa shape index (κ1) is 22.9. The van der Waals surface area contributed by atoms with Gasteiger partial charge in [-0.15, -0.1) is 0 Å². The minimum atomic E-state index is -0.475. The van der Waals surface area contributed by atoms with Crippen molar-refractivity contribution in [2.45, 2.75) is 19.5 Å². The van der Waals surface area contributed by atoms with Gasteiger partial charge in [-0.2, -0.15) is 0 Å². The minimum Gasteiger partial charge on any atom is -0.507 e. The van der Waals surface area contributed by atoms with E-state index >= 15 is 0 Å². The van der Waals surface area contributed by atoms with Crippen LogP contribution < -0.4 is 10.5 Å². The van der Waals surface area contributed by atoms with Gasteiger partial charge >= 0.3 is 0 Å². The fourth-order valence-electron chi connectivity index (χ4n) is 4.82. The number of aryl methyl sites for hydroxylation is 1. The van der Waals surface area contributed by atoms with Crippen molar-refractivity contribution in [3.8, 4) is 5.75 Å². The van der Waals surface area contributed by atoms with Crippen molar-refractivity contribution < 1.29 is 13.9 Å². The second-order valence-corrected chi connectivity index (χ2v) is 8.71. The third kappa shape index (κ3) is 4.57.